The standard InChI is InChI=1S/C21H18N2O2S2/c1-12-6-7-14-18(8-12)27-21-19(14)20(22-11-23-21)26-10-15(24)17-9-13-4-2-3-5-16(13)25-17/h2-5,9,11-12H,6-8,10H2,1H3. The topological polar surface area (TPSA) is 56.0 Å². The van der Waals surface area contributed by atoms with Crippen LogP contribution in [0.2, 0.25) is 0 Å². The second kappa shape index (κ2) is 6.77. The number of carbonyl (C=O) groups is 1. The van der Waals surface area contributed by atoms with Crippen molar-refractivity contribution in [2.75, 3.05) is 5.75 Å². The molecule has 0 radical (unpaired) electrons. The first kappa shape index (κ1) is 17.0. The normalized spacial score (nSPS) is 16.7. The molecule has 1 atom stereocenters. The summed E-state index contributed by atoms with van der Waals surface area (Å²) in [6.07, 6.45) is 5.02. The van der Waals surface area contributed by atoms with Gasteiger partial charge in [0.15, 0.2) is 5.76 Å². The molecule has 4 aromatic rings. The molecule has 0 N–H and O–H groups in total. The summed E-state index contributed by atoms with van der Waals surface area (Å²) in [6.45, 7) is 2.31. The zero-order valence-electron chi connectivity index (χ0n) is 14.9. The highest BCUT2D eigenvalue weighted by atomic mass is 32.2. The Morgan fingerprint density at radius 1 is 1.33 bits per heavy atom. The maximum absolute atomic E-state index is 12.6. The van der Waals surface area contributed by atoms with Gasteiger partial charge >= 0.3 is 0 Å². The third-order valence-corrected chi connectivity index (χ3v) is 7.25. The van der Waals surface area contributed by atoms with Gasteiger partial charge in [-0.1, -0.05) is 36.9 Å². The van der Waals surface area contributed by atoms with Gasteiger partial charge in [0.25, 0.3) is 0 Å². The van der Waals surface area contributed by atoms with Gasteiger partial charge in [0.05, 0.1) is 5.75 Å². The first-order chi connectivity index (χ1) is 13.2. The number of benzene rings is 1. The Balaban J connectivity index is 1.42. The number of nitrogens with zero attached hydrogens (tertiary/aromatic N) is 2. The first-order valence-corrected chi connectivity index (χ1v) is 10.9. The van der Waals surface area contributed by atoms with E-state index in [1.807, 2.05) is 30.3 Å². The van der Waals surface area contributed by atoms with Crippen molar-refractivity contribution in [3.63, 3.8) is 0 Å². The third-order valence-electron chi connectivity index (χ3n) is 5.10. The molecule has 0 saturated carbocycles. The number of Topliss-reactive ketones (excluding diaryl/α,β-unsaturated/α-hetero) is 1. The van der Waals surface area contributed by atoms with Crippen LogP contribution in [0.25, 0.3) is 21.2 Å². The minimum atomic E-state index is -0.0133. The number of hydrogen-bond acceptors (Lipinski definition) is 6. The van der Waals surface area contributed by atoms with Crippen LogP contribution in [-0.4, -0.2) is 21.5 Å². The molecule has 4 nitrogen and oxygen atoms in total. The van der Waals surface area contributed by atoms with Crippen molar-refractivity contribution < 1.29 is 9.21 Å². The van der Waals surface area contributed by atoms with Crippen molar-refractivity contribution >= 4 is 50.1 Å². The molecule has 5 rings (SSSR count). The van der Waals surface area contributed by atoms with Crippen LogP contribution in [-0.2, 0) is 12.8 Å². The zero-order chi connectivity index (χ0) is 18.4. The summed E-state index contributed by atoms with van der Waals surface area (Å²) in [5.41, 5.74) is 2.14. The van der Waals surface area contributed by atoms with Gasteiger partial charge in [-0.2, -0.15) is 0 Å². The molecule has 3 aromatic heterocycles. The highest BCUT2D eigenvalue weighted by Crippen LogP contribution is 2.40. The van der Waals surface area contributed by atoms with Crippen LogP contribution in [0.4, 0.5) is 0 Å². The van der Waals surface area contributed by atoms with Gasteiger partial charge in [-0.3, -0.25) is 4.79 Å². The van der Waals surface area contributed by atoms with E-state index in [1.54, 1.807) is 17.7 Å². The SMILES string of the molecule is CC1CCc2c(sc3ncnc(SCC(=O)c4cc5ccccc5o4)c23)C1. The number of aryl methyl sites for hydroxylation is 1. The Bertz CT molecular complexity index is 1130. The number of fused-ring (bicyclic) bond motifs is 4. The van der Waals surface area contributed by atoms with E-state index < -0.39 is 0 Å². The van der Waals surface area contributed by atoms with Crippen molar-refractivity contribution in [3.05, 3.63) is 52.9 Å². The van der Waals surface area contributed by atoms with Gasteiger partial charge in [-0.05, 0) is 42.9 Å². The van der Waals surface area contributed by atoms with Gasteiger partial charge in [0.2, 0.25) is 5.78 Å². The van der Waals surface area contributed by atoms with Crippen molar-refractivity contribution in [2.45, 2.75) is 31.2 Å². The molecule has 0 amide bonds. The van der Waals surface area contributed by atoms with Gasteiger partial charge in [-0.15, -0.1) is 11.3 Å². The van der Waals surface area contributed by atoms with Crippen LogP contribution >= 0.6 is 23.1 Å². The molecule has 6 heteroatoms. The highest BCUT2D eigenvalue weighted by molar-refractivity contribution is 8.00. The van der Waals surface area contributed by atoms with Crippen LogP contribution in [0, 0.1) is 5.92 Å². The Hall–Kier alpha value is -2.18. The van der Waals surface area contributed by atoms with E-state index in [2.05, 4.69) is 16.9 Å². The molecule has 0 saturated heterocycles. The van der Waals surface area contributed by atoms with Crippen molar-refractivity contribution in [3.8, 4) is 0 Å². The van der Waals surface area contributed by atoms with Crippen molar-refractivity contribution in [1.82, 2.24) is 9.97 Å². The predicted molar refractivity (Wildman–Crippen MR) is 110 cm³/mol. The number of furan rings is 1. The van der Waals surface area contributed by atoms with Gasteiger partial charge in [0, 0.05) is 15.6 Å². The monoisotopic (exact) mass is 394 g/mol. The number of carbonyl (C=O) groups excluding carboxylic acids is 1. The molecule has 27 heavy (non-hydrogen) atoms. The molecular formula is C21H18N2O2S2. The van der Waals surface area contributed by atoms with Crippen LogP contribution in [0.1, 0.15) is 34.3 Å². The number of thioether (sulfide) groups is 1. The zero-order valence-corrected chi connectivity index (χ0v) is 16.5. The summed E-state index contributed by atoms with van der Waals surface area (Å²) in [6, 6.07) is 9.51. The average molecular weight is 395 g/mol. The molecular weight excluding hydrogens is 376 g/mol. The van der Waals surface area contributed by atoms with E-state index in [1.165, 1.54) is 28.6 Å². The van der Waals surface area contributed by atoms with Crippen LogP contribution < -0.4 is 0 Å². The van der Waals surface area contributed by atoms with Crippen LogP contribution in [0.15, 0.2) is 46.1 Å². The molecule has 0 spiro atoms. The van der Waals surface area contributed by atoms with E-state index in [4.69, 9.17) is 4.42 Å². The Morgan fingerprint density at radius 3 is 3.11 bits per heavy atom. The largest absolute Gasteiger partial charge is 0.453 e. The molecule has 1 unspecified atom stereocenters. The Morgan fingerprint density at radius 2 is 2.22 bits per heavy atom. The van der Waals surface area contributed by atoms with E-state index >= 15 is 0 Å². The fraction of sp³-hybridized carbons (Fsp3) is 0.286. The van der Waals surface area contributed by atoms with Crippen molar-refractivity contribution in [2.24, 2.45) is 5.92 Å². The molecule has 1 aromatic carbocycles. The van der Waals surface area contributed by atoms with E-state index in [9.17, 15) is 4.79 Å². The minimum absolute atomic E-state index is 0.0133. The van der Waals surface area contributed by atoms with Gasteiger partial charge in [0.1, 0.15) is 21.8 Å². The van der Waals surface area contributed by atoms with Crippen molar-refractivity contribution in [1.29, 1.82) is 0 Å². The summed E-state index contributed by atoms with van der Waals surface area (Å²) in [5.74, 6) is 1.44. The van der Waals surface area contributed by atoms with Crippen LogP contribution in [0.5, 0.6) is 0 Å². The number of ketones is 1. The van der Waals surface area contributed by atoms with E-state index in [0.717, 1.165) is 45.0 Å². The number of aromatic nitrogens is 2. The molecule has 1 aliphatic rings. The lowest BCUT2D eigenvalue weighted by Crippen LogP contribution is -2.08. The summed E-state index contributed by atoms with van der Waals surface area (Å²) in [5, 5.41) is 3.03. The van der Waals surface area contributed by atoms with E-state index in [0.29, 0.717) is 11.5 Å². The number of para-hydroxylation sites is 1. The second-order valence-electron chi connectivity index (χ2n) is 7.07. The van der Waals surface area contributed by atoms with E-state index in [-0.39, 0.29) is 5.78 Å². The smallest absolute Gasteiger partial charge is 0.208 e. The third kappa shape index (κ3) is 3.07. The maximum Gasteiger partial charge on any atom is 0.208 e. The number of hydrogen-bond donors (Lipinski definition) is 0. The lowest BCUT2D eigenvalue weighted by Gasteiger charge is -2.18. The number of rotatable bonds is 4. The second-order valence-corrected chi connectivity index (χ2v) is 9.12. The molecule has 0 aliphatic heterocycles. The summed E-state index contributed by atoms with van der Waals surface area (Å²) >= 11 is 3.27. The average Bonchev–Trinajstić information content (AvgIpc) is 3.26. The summed E-state index contributed by atoms with van der Waals surface area (Å²) < 4.78 is 5.70. The minimum Gasteiger partial charge on any atom is -0.453 e. The predicted octanol–water partition coefficient (Wildman–Crippen LogP) is 5.54. The fourth-order valence-electron chi connectivity index (χ4n) is 3.68. The first-order valence-electron chi connectivity index (χ1n) is 9.09. The molecule has 3 heterocycles. The highest BCUT2D eigenvalue weighted by Gasteiger charge is 2.23. The van der Waals surface area contributed by atoms with Gasteiger partial charge < -0.3 is 4.42 Å². The maximum atomic E-state index is 12.6. The van der Waals surface area contributed by atoms with Gasteiger partial charge in [-0.25, -0.2) is 9.97 Å². The molecule has 0 bridgehead atoms. The Labute approximate surface area is 165 Å². The lowest BCUT2D eigenvalue weighted by molar-refractivity contribution is 0.0994. The number of thiophene rings is 1. The molecule has 1 aliphatic carbocycles. The quantitative estimate of drug-likeness (QED) is 0.258. The van der Waals surface area contributed by atoms with Crippen LogP contribution in [0.3, 0.4) is 0 Å². The summed E-state index contributed by atoms with van der Waals surface area (Å²) in [7, 11) is 0. The Kier molecular flexibility index (Phi) is 4.25. The molecule has 0 fully saturated rings. The fourth-order valence-corrected chi connectivity index (χ4v) is 5.99. The lowest BCUT2D eigenvalue weighted by atomic mass is 9.89. The molecule has 136 valence electrons. The summed E-state index contributed by atoms with van der Waals surface area (Å²) in [4.78, 5) is 24.1.